The molecule has 0 radical (unpaired) electrons. The van der Waals surface area contributed by atoms with Crippen molar-refractivity contribution in [3.63, 3.8) is 0 Å². The summed E-state index contributed by atoms with van der Waals surface area (Å²) in [6.45, 7) is 4.37. The molecule has 0 rings (SSSR count). The third kappa shape index (κ3) is 15.5. The Hall–Kier alpha value is -0.660. The number of ketones is 2. The van der Waals surface area contributed by atoms with Gasteiger partial charge in [-0.3, -0.25) is 9.59 Å². The molecule has 0 N–H and O–H groups in total. The summed E-state index contributed by atoms with van der Waals surface area (Å²) in [6, 6.07) is 0. The third-order valence-corrected chi connectivity index (χ3v) is 4.01. The predicted octanol–water partition coefficient (Wildman–Crippen LogP) is 6.02. The smallest absolute Gasteiger partial charge is 0.140 e. The second-order valence-electron chi connectivity index (χ2n) is 6.29. The standard InChI is InChI=1S/C19H36O2/c1-3-5-7-8-9-10-11-12-14-16-19(21)17-18(20)15-13-6-4-2/h3-17H2,1-2H3. The van der Waals surface area contributed by atoms with E-state index >= 15 is 0 Å². The van der Waals surface area contributed by atoms with Crippen molar-refractivity contribution in [2.75, 3.05) is 0 Å². The Morgan fingerprint density at radius 2 is 0.857 bits per heavy atom. The van der Waals surface area contributed by atoms with Crippen LogP contribution >= 0.6 is 0 Å². The average molecular weight is 296 g/mol. The first-order valence-corrected chi connectivity index (χ1v) is 9.24. The molecule has 21 heavy (non-hydrogen) atoms. The molecule has 0 aromatic heterocycles. The Labute approximate surface area is 132 Å². The zero-order valence-electron chi connectivity index (χ0n) is 14.4. The van der Waals surface area contributed by atoms with Gasteiger partial charge in [-0.25, -0.2) is 0 Å². The predicted molar refractivity (Wildman–Crippen MR) is 90.6 cm³/mol. The number of unbranched alkanes of at least 4 members (excludes halogenated alkanes) is 10. The first kappa shape index (κ1) is 20.3. The number of carbonyl (C=O) groups is 2. The Morgan fingerprint density at radius 3 is 1.33 bits per heavy atom. The van der Waals surface area contributed by atoms with Gasteiger partial charge < -0.3 is 0 Å². The van der Waals surface area contributed by atoms with E-state index in [0.29, 0.717) is 12.8 Å². The van der Waals surface area contributed by atoms with E-state index in [4.69, 9.17) is 0 Å². The van der Waals surface area contributed by atoms with Gasteiger partial charge in [0.05, 0.1) is 6.42 Å². The Kier molecular flexibility index (Phi) is 15.2. The first-order chi connectivity index (χ1) is 10.2. The molecule has 0 saturated carbocycles. The summed E-state index contributed by atoms with van der Waals surface area (Å²) >= 11 is 0. The van der Waals surface area contributed by atoms with Gasteiger partial charge in [0.1, 0.15) is 11.6 Å². The summed E-state index contributed by atoms with van der Waals surface area (Å²) < 4.78 is 0. The van der Waals surface area contributed by atoms with Gasteiger partial charge in [-0.1, -0.05) is 78.1 Å². The molecule has 0 spiro atoms. The van der Waals surface area contributed by atoms with Crippen molar-refractivity contribution in [2.24, 2.45) is 0 Å². The van der Waals surface area contributed by atoms with Gasteiger partial charge in [-0.2, -0.15) is 0 Å². The number of Topliss-reactive ketones (excluding diaryl/α,β-unsaturated/α-hetero) is 2. The fourth-order valence-electron chi connectivity index (χ4n) is 2.60. The van der Waals surface area contributed by atoms with Crippen LogP contribution in [0, 0.1) is 0 Å². The minimum atomic E-state index is 0.143. The maximum Gasteiger partial charge on any atom is 0.140 e. The monoisotopic (exact) mass is 296 g/mol. The number of hydrogen-bond acceptors (Lipinski definition) is 2. The largest absolute Gasteiger partial charge is 0.299 e. The van der Waals surface area contributed by atoms with Crippen LogP contribution in [-0.2, 0) is 9.59 Å². The molecule has 0 heterocycles. The van der Waals surface area contributed by atoms with Gasteiger partial charge in [0.2, 0.25) is 0 Å². The van der Waals surface area contributed by atoms with E-state index in [1.165, 1.54) is 44.9 Å². The quantitative estimate of drug-likeness (QED) is 0.258. The molecule has 0 aliphatic rings. The molecule has 2 heteroatoms. The number of rotatable bonds is 16. The highest BCUT2D eigenvalue weighted by atomic mass is 16.1. The molecule has 0 fully saturated rings. The van der Waals surface area contributed by atoms with Gasteiger partial charge in [-0.15, -0.1) is 0 Å². The molecular weight excluding hydrogens is 260 g/mol. The minimum absolute atomic E-state index is 0.143. The minimum Gasteiger partial charge on any atom is -0.299 e. The van der Waals surface area contributed by atoms with E-state index in [1.807, 2.05) is 0 Å². The first-order valence-electron chi connectivity index (χ1n) is 9.24. The van der Waals surface area contributed by atoms with Crippen LogP contribution in [0.2, 0.25) is 0 Å². The van der Waals surface area contributed by atoms with Crippen molar-refractivity contribution in [3.8, 4) is 0 Å². The van der Waals surface area contributed by atoms with E-state index in [0.717, 1.165) is 32.1 Å². The Bertz CT molecular complexity index is 258. The van der Waals surface area contributed by atoms with Crippen LogP contribution in [0.25, 0.3) is 0 Å². The molecule has 0 saturated heterocycles. The summed E-state index contributed by atoms with van der Waals surface area (Å²) in [5.41, 5.74) is 0. The second-order valence-corrected chi connectivity index (χ2v) is 6.29. The van der Waals surface area contributed by atoms with Crippen LogP contribution < -0.4 is 0 Å². The van der Waals surface area contributed by atoms with Gasteiger partial charge >= 0.3 is 0 Å². The Balaban J connectivity index is 3.31. The van der Waals surface area contributed by atoms with Crippen molar-refractivity contribution in [2.45, 2.75) is 110 Å². The fraction of sp³-hybridized carbons (Fsp3) is 0.895. The maximum atomic E-state index is 11.7. The average Bonchev–Trinajstić information content (AvgIpc) is 2.45. The molecule has 0 unspecified atom stereocenters. The fourth-order valence-corrected chi connectivity index (χ4v) is 2.60. The number of hydrogen-bond donors (Lipinski definition) is 0. The summed E-state index contributed by atoms with van der Waals surface area (Å²) in [5, 5.41) is 0. The summed E-state index contributed by atoms with van der Waals surface area (Å²) in [6.07, 6.45) is 15.9. The van der Waals surface area contributed by atoms with Gasteiger partial charge in [0.15, 0.2) is 0 Å². The van der Waals surface area contributed by atoms with Gasteiger partial charge in [0, 0.05) is 12.8 Å². The van der Waals surface area contributed by atoms with Crippen LogP contribution in [0.15, 0.2) is 0 Å². The topological polar surface area (TPSA) is 34.1 Å². The molecule has 0 aromatic carbocycles. The lowest BCUT2D eigenvalue weighted by Gasteiger charge is -2.02. The SMILES string of the molecule is CCCCCCCCCCCC(=O)CC(=O)CCCCC. The lowest BCUT2D eigenvalue weighted by atomic mass is 10.0. The Morgan fingerprint density at radius 1 is 0.524 bits per heavy atom. The zero-order chi connectivity index (χ0) is 15.8. The van der Waals surface area contributed by atoms with Crippen molar-refractivity contribution >= 4 is 11.6 Å². The van der Waals surface area contributed by atoms with Crippen LogP contribution in [0.1, 0.15) is 110 Å². The summed E-state index contributed by atoms with van der Waals surface area (Å²) in [5.74, 6) is 0.295. The molecule has 0 amide bonds. The molecule has 0 aromatic rings. The highest BCUT2D eigenvalue weighted by molar-refractivity contribution is 5.98. The molecule has 0 aliphatic heterocycles. The maximum absolute atomic E-state index is 11.7. The normalized spacial score (nSPS) is 10.8. The zero-order valence-corrected chi connectivity index (χ0v) is 14.4. The van der Waals surface area contributed by atoms with E-state index < -0.39 is 0 Å². The molecule has 0 atom stereocenters. The molecule has 124 valence electrons. The van der Waals surface area contributed by atoms with Crippen LogP contribution in [0.3, 0.4) is 0 Å². The summed E-state index contributed by atoms with van der Waals surface area (Å²) in [7, 11) is 0. The van der Waals surface area contributed by atoms with Crippen molar-refractivity contribution in [1.29, 1.82) is 0 Å². The van der Waals surface area contributed by atoms with Gasteiger partial charge in [0.25, 0.3) is 0 Å². The van der Waals surface area contributed by atoms with E-state index in [2.05, 4.69) is 13.8 Å². The lowest BCUT2D eigenvalue weighted by Crippen LogP contribution is -2.07. The second kappa shape index (κ2) is 15.7. The molecule has 0 aliphatic carbocycles. The molecule has 2 nitrogen and oxygen atoms in total. The molecular formula is C19H36O2. The van der Waals surface area contributed by atoms with Crippen molar-refractivity contribution in [3.05, 3.63) is 0 Å². The van der Waals surface area contributed by atoms with Crippen LogP contribution in [0.4, 0.5) is 0 Å². The van der Waals surface area contributed by atoms with Crippen LogP contribution in [0.5, 0.6) is 0 Å². The summed E-state index contributed by atoms with van der Waals surface area (Å²) in [4.78, 5) is 23.2. The number of carbonyl (C=O) groups excluding carboxylic acids is 2. The highest BCUT2D eigenvalue weighted by Crippen LogP contribution is 2.11. The van der Waals surface area contributed by atoms with Crippen molar-refractivity contribution < 1.29 is 9.59 Å². The lowest BCUT2D eigenvalue weighted by molar-refractivity contribution is -0.127. The van der Waals surface area contributed by atoms with E-state index in [-0.39, 0.29) is 18.0 Å². The van der Waals surface area contributed by atoms with Gasteiger partial charge in [-0.05, 0) is 12.8 Å². The van der Waals surface area contributed by atoms with E-state index in [9.17, 15) is 9.59 Å². The van der Waals surface area contributed by atoms with Crippen LogP contribution in [-0.4, -0.2) is 11.6 Å². The molecule has 0 bridgehead atoms. The van der Waals surface area contributed by atoms with E-state index in [1.54, 1.807) is 0 Å². The highest BCUT2D eigenvalue weighted by Gasteiger charge is 2.08. The third-order valence-electron chi connectivity index (χ3n) is 4.01. The van der Waals surface area contributed by atoms with Crippen molar-refractivity contribution in [1.82, 2.24) is 0 Å².